The van der Waals surface area contributed by atoms with Gasteiger partial charge in [0, 0.05) is 10.8 Å². The molecule has 1 fully saturated rings. The van der Waals surface area contributed by atoms with E-state index in [9.17, 15) is 0 Å². The number of hydrogen-bond acceptors (Lipinski definition) is 0. The molecule has 0 atom stereocenters. The summed E-state index contributed by atoms with van der Waals surface area (Å²) in [7, 11) is 0. The Bertz CT molecular complexity index is 3130. The van der Waals surface area contributed by atoms with Crippen molar-refractivity contribution in [1.82, 2.24) is 0 Å². The number of rotatable bonds is 3. The summed E-state index contributed by atoms with van der Waals surface area (Å²) in [5, 5.41) is 7.77. The van der Waals surface area contributed by atoms with Crippen LogP contribution in [0.3, 0.4) is 0 Å². The van der Waals surface area contributed by atoms with E-state index in [1.165, 1.54) is 137 Å². The van der Waals surface area contributed by atoms with Crippen molar-refractivity contribution in [2.45, 2.75) is 56.8 Å². The minimum absolute atomic E-state index is 0.0825. The van der Waals surface area contributed by atoms with Crippen molar-refractivity contribution in [2.24, 2.45) is 0 Å². The summed E-state index contributed by atoms with van der Waals surface area (Å²) in [4.78, 5) is 0. The zero-order valence-electron chi connectivity index (χ0n) is 32.7. The molecule has 0 amide bonds. The molecule has 0 bridgehead atoms. The van der Waals surface area contributed by atoms with Crippen molar-refractivity contribution in [3.8, 4) is 55.6 Å². The second-order valence-electron chi connectivity index (χ2n) is 17.5. The molecule has 1 saturated carbocycles. The van der Waals surface area contributed by atoms with Crippen LogP contribution < -0.4 is 0 Å². The molecular weight excluding hydrogens is 685 g/mol. The van der Waals surface area contributed by atoms with Crippen molar-refractivity contribution in [1.29, 1.82) is 0 Å². The van der Waals surface area contributed by atoms with Gasteiger partial charge in [-0.1, -0.05) is 179 Å². The highest BCUT2D eigenvalue weighted by atomic mass is 14.5. The average Bonchev–Trinajstić information content (AvgIpc) is 3.66. The minimum Gasteiger partial charge on any atom is -0.0619 e. The zero-order valence-corrected chi connectivity index (χ0v) is 32.7. The molecule has 272 valence electrons. The van der Waals surface area contributed by atoms with Crippen LogP contribution in [-0.2, 0) is 10.8 Å². The summed E-state index contributed by atoms with van der Waals surface area (Å²) in [5.41, 5.74) is 19.3. The van der Waals surface area contributed by atoms with Crippen LogP contribution in [0.5, 0.6) is 0 Å². The molecule has 0 saturated heterocycles. The highest BCUT2D eigenvalue weighted by Gasteiger charge is 2.44. The fourth-order valence-electron chi connectivity index (χ4n) is 11.5. The van der Waals surface area contributed by atoms with Gasteiger partial charge in [0.2, 0.25) is 0 Å². The van der Waals surface area contributed by atoms with Crippen molar-refractivity contribution >= 4 is 32.3 Å². The maximum atomic E-state index is 2.61. The second-order valence-corrected chi connectivity index (χ2v) is 17.5. The molecule has 0 aromatic heterocycles. The van der Waals surface area contributed by atoms with Gasteiger partial charge >= 0.3 is 0 Å². The van der Waals surface area contributed by atoms with E-state index in [2.05, 4.69) is 184 Å². The average molecular weight is 729 g/mol. The van der Waals surface area contributed by atoms with Crippen LogP contribution in [-0.4, -0.2) is 0 Å². The van der Waals surface area contributed by atoms with E-state index in [-0.39, 0.29) is 10.8 Å². The lowest BCUT2D eigenvalue weighted by Gasteiger charge is -2.36. The normalized spacial score (nSPS) is 15.8. The van der Waals surface area contributed by atoms with Gasteiger partial charge in [0.15, 0.2) is 0 Å². The Morgan fingerprint density at radius 2 is 0.842 bits per heavy atom. The zero-order chi connectivity index (χ0) is 37.9. The summed E-state index contributed by atoms with van der Waals surface area (Å²) in [6.07, 6.45) is 6.38. The molecule has 9 aromatic rings. The number of hydrogen-bond donors (Lipinski definition) is 0. The van der Waals surface area contributed by atoms with E-state index in [0.717, 1.165) is 0 Å². The summed E-state index contributed by atoms with van der Waals surface area (Å²) in [6, 6.07) is 65.1. The number of fused-ring (bicyclic) bond motifs is 11. The third-order valence-corrected chi connectivity index (χ3v) is 14.2. The van der Waals surface area contributed by atoms with Gasteiger partial charge in [-0.15, -0.1) is 0 Å². The molecule has 0 nitrogen and oxygen atoms in total. The van der Waals surface area contributed by atoms with E-state index >= 15 is 0 Å². The summed E-state index contributed by atoms with van der Waals surface area (Å²) >= 11 is 0. The van der Waals surface area contributed by atoms with Crippen LogP contribution in [0.25, 0.3) is 88.0 Å². The predicted octanol–water partition coefficient (Wildman–Crippen LogP) is 15.7. The van der Waals surface area contributed by atoms with Gasteiger partial charge < -0.3 is 0 Å². The maximum Gasteiger partial charge on any atom is 0.0215 e. The molecule has 0 heterocycles. The monoisotopic (exact) mass is 728 g/mol. The molecule has 57 heavy (non-hydrogen) atoms. The first-order valence-electron chi connectivity index (χ1n) is 21.0. The molecule has 3 aliphatic rings. The van der Waals surface area contributed by atoms with Crippen molar-refractivity contribution in [3.63, 3.8) is 0 Å². The summed E-state index contributed by atoms with van der Waals surface area (Å²) < 4.78 is 0. The van der Waals surface area contributed by atoms with Gasteiger partial charge in [0.1, 0.15) is 0 Å². The van der Waals surface area contributed by atoms with Crippen molar-refractivity contribution in [2.75, 3.05) is 0 Å². The van der Waals surface area contributed by atoms with Gasteiger partial charge in [-0.3, -0.25) is 0 Å². The molecule has 1 spiro atoms. The third kappa shape index (κ3) is 4.68. The van der Waals surface area contributed by atoms with Gasteiger partial charge in [-0.2, -0.15) is 0 Å². The first-order valence-corrected chi connectivity index (χ1v) is 21.0. The topological polar surface area (TPSA) is 0 Å². The second kappa shape index (κ2) is 12.1. The Balaban J connectivity index is 1.14. The van der Waals surface area contributed by atoms with E-state index in [4.69, 9.17) is 0 Å². The Hall–Kier alpha value is -6.24. The lowest BCUT2D eigenvalue weighted by molar-refractivity contribution is 0.353. The van der Waals surface area contributed by atoms with Crippen LogP contribution in [0, 0.1) is 0 Å². The molecule has 0 aliphatic heterocycles. The smallest absolute Gasteiger partial charge is 0.0215 e. The van der Waals surface area contributed by atoms with Gasteiger partial charge in [-0.25, -0.2) is 0 Å². The van der Waals surface area contributed by atoms with Crippen LogP contribution in [0.4, 0.5) is 0 Å². The van der Waals surface area contributed by atoms with Gasteiger partial charge in [0.25, 0.3) is 0 Å². The Kier molecular flexibility index (Phi) is 7.01. The maximum absolute atomic E-state index is 2.61. The first kappa shape index (κ1) is 33.0. The van der Waals surface area contributed by atoms with Crippen molar-refractivity contribution in [3.05, 3.63) is 192 Å². The fourth-order valence-corrected chi connectivity index (χ4v) is 11.5. The molecule has 0 unspecified atom stereocenters. The Morgan fingerprint density at radius 1 is 0.333 bits per heavy atom. The highest BCUT2D eigenvalue weighted by Crippen LogP contribution is 2.57. The molecule has 3 aliphatic carbocycles. The lowest BCUT2D eigenvalue weighted by atomic mass is 9.67. The SMILES string of the molecule is CC1(C)c2ccccc2-c2ccc(-c3c4ccccc4c(-c4ccc5c(c4)C4(CCCCC4)c4ccccc4-5)c4ccc(-c5ccc6ccccc6c5)cc34)cc21. The van der Waals surface area contributed by atoms with Gasteiger partial charge in [-0.05, 0) is 147 Å². The molecule has 0 radical (unpaired) electrons. The molecular formula is C57H44. The van der Waals surface area contributed by atoms with Crippen LogP contribution >= 0.6 is 0 Å². The predicted molar refractivity (Wildman–Crippen MR) is 242 cm³/mol. The van der Waals surface area contributed by atoms with Crippen LogP contribution in [0.2, 0.25) is 0 Å². The Labute approximate surface area is 335 Å². The van der Waals surface area contributed by atoms with E-state index in [1.54, 1.807) is 5.56 Å². The van der Waals surface area contributed by atoms with Crippen LogP contribution in [0.15, 0.2) is 170 Å². The van der Waals surface area contributed by atoms with E-state index < -0.39 is 0 Å². The molecule has 0 N–H and O–H groups in total. The third-order valence-electron chi connectivity index (χ3n) is 14.2. The lowest BCUT2D eigenvalue weighted by Crippen LogP contribution is -2.28. The standard InChI is InChI=1S/C57H44/c1-56(2)50-20-10-8-16-42(50)44-27-25-40(34-52(44)56)55-47-19-7-6-18-46(47)54(48-29-24-39(33-49(48)55)38-23-22-36-14-4-5-15-37(36)32-38)41-26-28-45-43-17-9-11-21-51(43)57(53(45)35-41)30-12-3-13-31-57/h4-11,14-29,32-35H,3,12-13,30-31H2,1-2H3. The summed E-state index contributed by atoms with van der Waals surface area (Å²) in [6.45, 7) is 4.79. The summed E-state index contributed by atoms with van der Waals surface area (Å²) in [5.74, 6) is 0. The molecule has 12 rings (SSSR count). The van der Waals surface area contributed by atoms with Crippen molar-refractivity contribution < 1.29 is 0 Å². The highest BCUT2D eigenvalue weighted by molar-refractivity contribution is 6.22. The molecule has 0 heteroatoms. The van der Waals surface area contributed by atoms with E-state index in [0.29, 0.717) is 0 Å². The first-order chi connectivity index (χ1) is 28.0. The number of benzene rings is 9. The van der Waals surface area contributed by atoms with Crippen LogP contribution in [0.1, 0.15) is 68.2 Å². The molecule has 9 aromatic carbocycles. The van der Waals surface area contributed by atoms with E-state index in [1.807, 2.05) is 0 Å². The largest absolute Gasteiger partial charge is 0.0619 e. The van der Waals surface area contributed by atoms with Gasteiger partial charge in [0.05, 0.1) is 0 Å². The quantitative estimate of drug-likeness (QED) is 0.159. The minimum atomic E-state index is -0.0825. The fraction of sp³-hybridized carbons (Fsp3) is 0.158. The Morgan fingerprint density at radius 3 is 1.60 bits per heavy atom.